The Morgan fingerprint density at radius 2 is 2.00 bits per heavy atom. The summed E-state index contributed by atoms with van der Waals surface area (Å²) in [5.41, 5.74) is 1.01. The number of rotatable bonds is 4. The molecule has 0 heterocycles. The van der Waals surface area contributed by atoms with Gasteiger partial charge in [-0.05, 0) is 25.0 Å². The normalized spacial score (nSPS) is 16.2. The maximum absolute atomic E-state index is 8.54. The van der Waals surface area contributed by atoms with E-state index < -0.39 is 0 Å². The first kappa shape index (κ1) is 11.8. The molecule has 0 aromatic heterocycles. The highest BCUT2D eigenvalue weighted by molar-refractivity contribution is 5.56. The number of anilines is 1. The number of ether oxygens (including phenoxy) is 1. The molecule has 1 N–H and O–H groups in total. The van der Waals surface area contributed by atoms with Crippen LogP contribution in [0.1, 0.15) is 32.1 Å². The van der Waals surface area contributed by atoms with Crippen molar-refractivity contribution in [1.29, 1.82) is 5.26 Å². The summed E-state index contributed by atoms with van der Waals surface area (Å²) < 4.78 is 5.40. The van der Waals surface area contributed by atoms with Crippen molar-refractivity contribution in [3.63, 3.8) is 0 Å². The molecule has 0 bridgehead atoms. The Kier molecular flexibility index (Phi) is 4.26. The number of hydrogen-bond acceptors (Lipinski definition) is 3. The van der Waals surface area contributed by atoms with Gasteiger partial charge in [0.2, 0.25) is 0 Å². The number of nitrogens with zero attached hydrogens (tertiary/aromatic N) is 1. The summed E-state index contributed by atoms with van der Waals surface area (Å²) in [6, 6.07) is 10.4. The van der Waals surface area contributed by atoms with Crippen LogP contribution in [0.5, 0.6) is 5.75 Å². The topological polar surface area (TPSA) is 45.0 Å². The van der Waals surface area contributed by atoms with Crippen LogP contribution in [-0.2, 0) is 0 Å². The van der Waals surface area contributed by atoms with E-state index in [0.29, 0.717) is 6.04 Å². The van der Waals surface area contributed by atoms with Crippen LogP contribution in [0.15, 0.2) is 24.3 Å². The van der Waals surface area contributed by atoms with Gasteiger partial charge in [-0.25, -0.2) is 0 Å². The Bertz CT molecular complexity index is 391. The molecule has 3 heteroatoms. The third-order valence-electron chi connectivity index (χ3n) is 3.14. The van der Waals surface area contributed by atoms with Crippen molar-refractivity contribution in [2.75, 3.05) is 11.9 Å². The third-order valence-corrected chi connectivity index (χ3v) is 3.14. The second-order valence-electron chi connectivity index (χ2n) is 4.42. The van der Waals surface area contributed by atoms with Crippen LogP contribution < -0.4 is 10.1 Å². The summed E-state index contributed by atoms with van der Waals surface area (Å²) >= 11 is 0. The van der Waals surface area contributed by atoms with Gasteiger partial charge >= 0.3 is 0 Å². The summed E-state index contributed by atoms with van der Waals surface area (Å²) in [6.45, 7) is 0.101. The fourth-order valence-corrected chi connectivity index (χ4v) is 2.29. The molecule has 0 spiro atoms. The van der Waals surface area contributed by atoms with Gasteiger partial charge in [-0.15, -0.1) is 0 Å². The quantitative estimate of drug-likeness (QED) is 0.862. The molecule has 0 unspecified atom stereocenters. The molecule has 1 saturated carbocycles. The number of benzene rings is 1. The Morgan fingerprint density at radius 3 is 2.76 bits per heavy atom. The summed E-state index contributed by atoms with van der Waals surface area (Å²) in [5.74, 6) is 0.777. The minimum Gasteiger partial charge on any atom is -0.477 e. The van der Waals surface area contributed by atoms with Crippen molar-refractivity contribution in [3.8, 4) is 11.8 Å². The van der Waals surface area contributed by atoms with E-state index in [9.17, 15) is 0 Å². The standard InChI is InChI=1S/C14H18N2O/c15-10-11-17-14-9-5-4-8-13(14)16-12-6-2-1-3-7-12/h4-5,8-9,12,16H,1-3,6-7,11H2. The molecule has 0 aliphatic heterocycles. The minimum absolute atomic E-state index is 0.101. The number of nitriles is 1. The molecule has 0 atom stereocenters. The van der Waals surface area contributed by atoms with Crippen molar-refractivity contribution < 1.29 is 4.74 Å². The Hall–Kier alpha value is -1.69. The van der Waals surface area contributed by atoms with Gasteiger partial charge in [0.25, 0.3) is 0 Å². The fraction of sp³-hybridized carbons (Fsp3) is 0.500. The van der Waals surface area contributed by atoms with Gasteiger partial charge < -0.3 is 10.1 Å². The molecule has 1 aromatic carbocycles. The van der Waals surface area contributed by atoms with E-state index in [-0.39, 0.29) is 6.61 Å². The summed E-state index contributed by atoms with van der Waals surface area (Å²) in [4.78, 5) is 0. The molecule has 1 aliphatic rings. The van der Waals surface area contributed by atoms with E-state index in [0.717, 1.165) is 11.4 Å². The lowest BCUT2D eigenvalue weighted by molar-refractivity contribution is 0.368. The molecule has 1 aromatic rings. The highest BCUT2D eigenvalue weighted by Crippen LogP contribution is 2.28. The van der Waals surface area contributed by atoms with Crippen molar-refractivity contribution in [2.45, 2.75) is 38.1 Å². The monoisotopic (exact) mass is 230 g/mol. The lowest BCUT2D eigenvalue weighted by atomic mass is 9.95. The van der Waals surface area contributed by atoms with Gasteiger partial charge in [0.1, 0.15) is 11.8 Å². The Labute approximate surface area is 102 Å². The average Bonchev–Trinajstić information content (AvgIpc) is 2.39. The van der Waals surface area contributed by atoms with Crippen LogP contribution in [0.2, 0.25) is 0 Å². The summed E-state index contributed by atoms with van der Waals surface area (Å²) in [7, 11) is 0. The first-order chi connectivity index (χ1) is 8.40. The van der Waals surface area contributed by atoms with Gasteiger partial charge in [-0.2, -0.15) is 5.26 Å². The molecule has 0 saturated heterocycles. The highest BCUT2D eigenvalue weighted by Gasteiger charge is 2.14. The fourth-order valence-electron chi connectivity index (χ4n) is 2.29. The van der Waals surface area contributed by atoms with Gasteiger partial charge in [0.05, 0.1) is 5.69 Å². The van der Waals surface area contributed by atoms with Gasteiger partial charge in [0.15, 0.2) is 6.61 Å². The largest absolute Gasteiger partial charge is 0.477 e. The molecule has 1 fully saturated rings. The predicted molar refractivity (Wildman–Crippen MR) is 68.0 cm³/mol. The van der Waals surface area contributed by atoms with Crippen molar-refractivity contribution >= 4 is 5.69 Å². The molecule has 2 rings (SSSR count). The van der Waals surface area contributed by atoms with Crippen molar-refractivity contribution in [3.05, 3.63) is 24.3 Å². The number of nitrogens with one attached hydrogen (secondary N) is 1. The second-order valence-corrected chi connectivity index (χ2v) is 4.42. The SMILES string of the molecule is N#CCOc1ccccc1NC1CCCCC1. The average molecular weight is 230 g/mol. The van der Waals surface area contributed by atoms with Crippen molar-refractivity contribution in [1.82, 2.24) is 0 Å². The summed E-state index contributed by atoms with van der Waals surface area (Å²) in [5, 5.41) is 12.1. The number of para-hydroxylation sites is 2. The van der Waals surface area contributed by atoms with E-state index in [1.54, 1.807) is 0 Å². The Balaban J connectivity index is 2.01. The van der Waals surface area contributed by atoms with Crippen LogP contribution in [0.25, 0.3) is 0 Å². The van der Waals surface area contributed by atoms with E-state index in [1.165, 1.54) is 32.1 Å². The Morgan fingerprint density at radius 1 is 1.24 bits per heavy atom. The zero-order chi connectivity index (χ0) is 11.9. The molecule has 90 valence electrons. The van der Waals surface area contributed by atoms with Crippen LogP contribution in [0, 0.1) is 11.3 Å². The third kappa shape index (κ3) is 3.39. The zero-order valence-electron chi connectivity index (χ0n) is 9.98. The van der Waals surface area contributed by atoms with Crippen LogP contribution >= 0.6 is 0 Å². The molecule has 0 amide bonds. The van der Waals surface area contributed by atoms with E-state index in [1.807, 2.05) is 30.3 Å². The maximum atomic E-state index is 8.54. The second kappa shape index (κ2) is 6.15. The van der Waals surface area contributed by atoms with E-state index in [2.05, 4.69) is 5.32 Å². The van der Waals surface area contributed by atoms with Gasteiger partial charge in [0, 0.05) is 6.04 Å². The first-order valence-corrected chi connectivity index (χ1v) is 6.25. The van der Waals surface area contributed by atoms with Crippen LogP contribution in [0.4, 0.5) is 5.69 Å². The van der Waals surface area contributed by atoms with Gasteiger partial charge in [-0.3, -0.25) is 0 Å². The van der Waals surface area contributed by atoms with E-state index in [4.69, 9.17) is 10.00 Å². The molecule has 1 aliphatic carbocycles. The smallest absolute Gasteiger partial charge is 0.174 e. The maximum Gasteiger partial charge on any atom is 0.174 e. The molecular weight excluding hydrogens is 212 g/mol. The lowest BCUT2D eigenvalue weighted by Gasteiger charge is -2.24. The molecule has 17 heavy (non-hydrogen) atoms. The molecule has 3 nitrogen and oxygen atoms in total. The lowest BCUT2D eigenvalue weighted by Crippen LogP contribution is -2.22. The highest BCUT2D eigenvalue weighted by atomic mass is 16.5. The minimum atomic E-state index is 0.101. The molecule has 0 radical (unpaired) electrons. The van der Waals surface area contributed by atoms with Crippen molar-refractivity contribution in [2.24, 2.45) is 0 Å². The van der Waals surface area contributed by atoms with Gasteiger partial charge in [-0.1, -0.05) is 31.4 Å². The molecular formula is C14H18N2O. The number of hydrogen-bond donors (Lipinski definition) is 1. The zero-order valence-corrected chi connectivity index (χ0v) is 9.98. The predicted octanol–water partition coefficient (Wildman–Crippen LogP) is 3.33. The van der Waals surface area contributed by atoms with Crippen LogP contribution in [-0.4, -0.2) is 12.6 Å². The first-order valence-electron chi connectivity index (χ1n) is 6.25. The van der Waals surface area contributed by atoms with E-state index >= 15 is 0 Å². The summed E-state index contributed by atoms with van der Waals surface area (Å²) in [6.07, 6.45) is 6.42. The van der Waals surface area contributed by atoms with Crippen LogP contribution in [0.3, 0.4) is 0 Å².